The number of aryl methyl sites for hydroxylation is 2. The van der Waals surface area contributed by atoms with E-state index in [2.05, 4.69) is 0 Å². The fourth-order valence-electron chi connectivity index (χ4n) is 2.15. The lowest BCUT2D eigenvalue weighted by Crippen LogP contribution is -1.91. The largest absolute Gasteiger partial charge is 0.206 e. The molecular formula is C18H17F3. The van der Waals surface area contributed by atoms with Crippen molar-refractivity contribution in [2.45, 2.75) is 26.7 Å². The standard InChI is InChI=1S/C18H17F3/c1-3-4-13-6-8-14(9-7-13)17(20)18(21)15-10-5-12(2)11-16(15)19/h5-11H,3-4H2,1-2H3/b18-17+. The summed E-state index contributed by atoms with van der Waals surface area (Å²) < 4.78 is 42.0. The predicted octanol–water partition coefficient (Wildman–Crippen LogP) is 5.85. The van der Waals surface area contributed by atoms with Crippen LogP contribution in [0.5, 0.6) is 0 Å². The Morgan fingerprint density at radius 1 is 0.952 bits per heavy atom. The van der Waals surface area contributed by atoms with Gasteiger partial charge in [-0.25, -0.2) is 13.2 Å². The van der Waals surface area contributed by atoms with Crippen LogP contribution < -0.4 is 0 Å². The van der Waals surface area contributed by atoms with Gasteiger partial charge in [0.15, 0.2) is 11.7 Å². The molecule has 0 spiro atoms. The van der Waals surface area contributed by atoms with Crippen molar-refractivity contribution in [1.82, 2.24) is 0 Å². The van der Waals surface area contributed by atoms with Crippen molar-refractivity contribution < 1.29 is 13.2 Å². The molecule has 0 aliphatic rings. The Kier molecular flexibility index (Phi) is 4.84. The van der Waals surface area contributed by atoms with E-state index in [1.54, 1.807) is 25.1 Å². The number of hydrogen-bond donors (Lipinski definition) is 0. The lowest BCUT2D eigenvalue weighted by atomic mass is 10.0. The lowest BCUT2D eigenvalue weighted by Gasteiger charge is -2.05. The van der Waals surface area contributed by atoms with Crippen molar-refractivity contribution in [2.24, 2.45) is 0 Å². The summed E-state index contributed by atoms with van der Waals surface area (Å²) in [6.45, 7) is 3.74. The van der Waals surface area contributed by atoms with Crippen molar-refractivity contribution in [1.29, 1.82) is 0 Å². The Bertz CT molecular complexity index is 655. The van der Waals surface area contributed by atoms with Gasteiger partial charge < -0.3 is 0 Å². The number of hydrogen-bond acceptors (Lipinski definition) is 0. The Morgan fingerprint density at radius 2 is 1.62 bits per heavy atom. The third kappa shape index (κ3) is 3.54. The quantitative estimate of drug-likeness (QED) is 0.619. The van der Waals surface area contributed by atoms with Crippen LogP contribution in [-0.2, 0) is 6.42 Å². The smallest absolute Gasteiger partial charge is 0.169 e. The highest BCUT2D eigenvalue weighted by molar-refractivity contribution is 5.83. The molecule has 2 aromatic rings. The third-order valence-electron chi connectivity index (χ3n) is 3.30. The van der Waals surface area contributed by atoms with E-state index in [4.69, 9.17) is 0 Å². The first-order chi connectivity index (χ1) is 10.0. The van der Waals surface area contributed by atoms with Gasteiger partial charge in [0.05, 0.1) is 0 Å². The van der Waals surface area contributed by atoms with E-state index in [-0.39, 0.29) is 11.1 Å². The summed E-state index contributed by atoms with van der Waals surface area (Å²) in [6, 6.07) is 10.6. The highest BCUT2D eigenvalue weighted by Crippen LogP contribution is 2.30. The van der Waals surface area contributed by atoms with E-state index in [0.717, 1.165) is 18.4 Å². The minimum Gasteiger partial charge on any atom is -0.206 e. The zero-order chi connectivity index (χ0) is 15.4. The van der Waals surface area contributed by atoms with Gasteiger partial charge in [-0.15, -0.1) is 0 Å². The molecule has 0 aromatic heterocycles. The fourth-order valence-corrected chi connectivity index (χ4v) is 2.15. The average Bonchev–Trinajstić information content (AvgIpc) is 2.47. The van der Waals surface area contributed by atoms with Crippen molar-refractivity contribution in [3.8, 4) is 0 Å². The van der Waals surface area contributed by atoms with Crippen molar-refractivity contribution in [2.75, 3.05) is 0 Å². The molecule has 0 unspecified atom stereocenters. The van der Waals surface area contributed by atoms with Crippen molar-refractivity contribution in [3.63, 3.8) is 0 Å². The highest BCUT2D eigenvalue weighted by Gasteiger charge is 2.15. The first-order valence-corrected chi connectivity index (χ1v) is 6.94. The van der Waals surface area contributed by atoms with Gasteiger partial charge in [-0.1, -0.05) is 43.7 Å². The highest BCUT2D eigenvalue weighted by atomic mass is 19.2. The number of halogens is 3. The maximum absolute atomic E-state index is 14.2. The molecule has 0 radical (unpaired) electrons. The van der Waals surface area contributed by atoms with Gasteiger partial charge in [-0.3, -0.25) is 0 Å². The Balaban J connectivity index is 2.37. The number of rotatable bonds is 4. The molecule has 0 saturated heterocycles. The minimum absolute atomic E-state index is 0.118. The third-order valence-corrected chi connectivity index (χ3v) is 3.30. The van der Waals surface area contributed by atoms with Crippen molar-refractivity contribution >= 4 is 11.7 Å². The molecule has 0 bridgehead atoms. The van der Waals surface area contributed by atoms with E-state index in [1.165, 1.54) is 24.3 Å². The molecule has 0 atom stereocenters. The van der Waals surface area contributed by atoms with E-state index in [9.17, 15) is 13.2 Å². The fraction of sp³-hybridized carbons (Fsp3) is 0.222. The topological polar surface area (TPSA) is 0 Å². The summed E-state index contributed by atoms with van der Waals surface area (Å²) in [7, 11) is 0. The van der Waals surface area contributed by atoms with E-state index in [1.807, 2.05) is 6.92 Å². The zero-order valence-electron chi connectivity index (χ0n) is 12.1. The Morgan fingerprint density at radius 3 is 2.19 bits per heavy atom. The van der Waals surface area contributed by atoms with Gasteiger partial charge in [0.2, 0.25) is 0 Å². The molecule has 21 heavy (non-hydrogen) atoms. The van der Waals surface area contributed by atoms with E-state index >= 15 is 0 Å². The van der Waals surface area contributed by atoms with Crippen LogP contribution in [0.15, 0.2) is 42.5 Å². The van der Waals surface area contributed by atoms with Crippen LogP contribution in [0.25, 0.3) is 11.7 Å². The molecule has 0 aliphatic heterocycles. The molecule has 0 fully saturated rings. The van der Waals surface area contributed by atoms with E-state index in [0.29, 0.717) is 5.56 Å². The van der Waals surface area contributed by atoms with Gasteiger partial charge in [0.25, 0.3) is 0 Å². The second kappa shape index (κ2) is 6.61. The zero-order valence-corrected chi connectivity index (χ0v) is 12.1. The Labute approximate surface area is 122 Å². The molecule has 0 N–H and O–H groups in total. The monoisotopic (exact) mass is 290 g/mol. The first kappa shape index (κ1) is 15.4. The van der Waals surface area contributed by atoms with Crippen LogP contribution in [-0.4, -0.2) is 0 Å². The van der Waals surface area contributed by atoms with Crippen LogP contribution in [0, 0.1) is 12.7 Å². The molecule has 0 nitrogen and oxygen atoms in total. The van der Waals surface area contributed by atoms with Crippen LogP contribution in [0.2, 0.25) is 0 Å². The van der Waals surface area contributed by atoms with Crippen LogP contribution in [0.1, 0.15) is 35.6 Å². The summed E-state index contributed by atoms with van der Waals surface area (Å²) in [4.78, 5) is 0. The molecule has 3 heteroatoms. The van der Waals surface area contributed by atoms with Gasteiger partial charge in [0.1, 0.15) is 5.82 Å². The molecule has 110 valence electrons. The van der Waals surface area contributed by atoms with Gasteiger partial charge in [-0.05, 0) is 36.6 Å². The number of benzene rings is 2. The summed E-state index contributed by atoms with van der Waals surface area (Å²) in [6.07, 6.45) is 1.88. The average molecular weight is 290 g/mol. The van der Waals surface area contributed by atoms with Gasteiger partial charge in [0, 0.05) is 11.1 Å². The molecular weight excluding hydrogens is 273 g/mol. The minimum atomic E-state index is -1.17. The lowest BCUT2D eigenvalue weighted by molar-refractivity contribution is 0.610. The maximum Gasteiger partial charge on any atom is 0.169 e. The molecule has 0 aliphatic carbocycles. The second-order valence-corrected chi connectivity index (χ2v) is 5.06. The normalized spacial score (nSPS) is 12.2. The maximum atomic E-state index is 14.2. The summed E-state index contributed by atoms with van der Waals surface area (Å²) >= 11 is 0. The Hall–Kier alpha value is -2.03. The molecule has 2 aromatic carbocycles. The molecule has 0 amide bonds. The van der Waals surface area contributed by atoms with Crippen LogP contribution in [0.4, 0.5) is 13.2 Å². The summed E-state index contributed by atoms with van der Waals surface area (Å²) in [5.41, 5.74) is 1.49. The molecule has 0 saturated carbocycles. The van der Waals surface area contributed by atoms with Crippen LogP contribution >= 0.6 is 0 Å². The van der Waals surface area contributed by atoms with Gasteiger partial charge in [-0.2, -0.15) is 0 Å². The molecule has 0 heterocycles. The summed E-state index contributed by atoms with van der Waals surface area (Å²) in [5.74, 6) is -2.97. The molecule has 2 rings (SSSR count). The predicted molar refractivity (Wildman–Crippen MR) is 80.6 cm³/mol. The van der Waals surface area contributed by atoms with Crippen molar-refractivity contribution in [3.05, 3.63) is 70.5 Å². The van der Waals surface area contributed by atoms with Gasteiger partial charge >= 0.3 is 0 Å². The van der Waals surface area contributed by atoms with E-state index < -0.39 is 17.5 Å². The van der Waals surface area contributed by atoms with Crippen LogP contribution in [0.3, 0.4) is 0 Å². The second-order valence-electron chi connectivity index (χ2n) is 5.06. The first-order valence-electron chi connectivity index (χ1n) is 6.94. The SMILES string of the molecule is CCCc1ccc(/C(F)=C(\F)c2ccc(C)cc2F)cc1. The summed E-state index contributed by atoms with van der Waals surface area (Å²) in [5, 5.41) is 0.